The molecule has 0 saturated carbocycles. The number of hydrogen-bond acceptors (Lipinski definition) is 7. The SMILES string of the molecule is CN(CCO)C(=O)c1ccc(-c2nc(COC3CCN(C(=O)O)CC3)no2)cc1. The van der Waals surface area contributed by atoms with Gasteiger partial charge in [-0.2, -0.15) is 4.98 Å². The summed E-state index contributed by atoms with van der Waals surface area (Å²) in [5.74, 6) is 0.551. The van der Waals surface area contributed by atoms with Gasteiger partial charge in [-0.25, -0.2) is 4.79 Å². The number of carboxylic acid groups (broad SMARTS) is 1. The highest BCUT2D eigenvalue weighted by Crippen LogP contribution is 2.20. The molecule has 29 heavy (non-hydrogen) atoms. The fourth-order valence-electron chi connectivity index (χ4n) is 3.06. The first-order valence-electron chi connectivity index (χ1n) is 9.36. The Morgan fingerprint density at radius 1 is 1.28 bits per heavy atom. The van der Waals surface area contributed by atoms with Gasteiger partial charge in [-0.1, -0.05) is 5.16 Å². The molecule has 1 aromatic carbocycles. The standard InChI is InChI=1S/C19H24N4O6/c1-22(10-11-24)18(25)14-4-2-13(3-5-14)17-20-16(21-29-17)12-28-15-6-8-23(9-7-15)19(26)27/h2-5,15,24H,6-12H2,1H3,(H,26,27). The molecular weight excluding hydrogens is 380 g/mol. The quantitative estimate of drug-likeness (QED) is 0.709. The highest BCUT2D eigenvalue weighted by atomic mass is 16.5. The summed E-state index contributed by atoms with van der Waals surface area (Å²) in [6.07, 6.45) is 0.335. The third-order valence-corrected chi connectivity index (χ3v) is 4.79. The van der Waals surface area contributed by atoms with Crippen LogP contribution < -0.4 is 0 Å². The summed E-state index contributed by atoms with van der Waals surface area (Å²) in [6.45, 7) is 1.27. The van der Waals surface area contributed by atoms with Crippen molar-refractivity contribution in [3.63, 3.8) is 0 Å². The topological polar surface area (TPSA) is 129 Å². The van der Waals surface area contributed by atoms with Crippen LogP contribution in [0.15, 0.2) is 28.8 Å². The summed E-state index contributed by atoms with van der Waals surface area (Å²) in [6, 6.07) is 6.78. The second-order valence-electron chi connectivity index (χ2n) is 6.82. The maximum Gasteiger partial charge on any atom is 0.407 e. The maximum atomic E-state index is 12.2. The minimum absolute atomic E-state index is 0.0336. The molecule has 2 heterocycles. The number of likely N-dealkylation sites (tertiary alicyclic amines) is 1. The summed E-state index contributed by atoms with van der Waals surface area (Å²) >= 11 is 0. The van der Waals surface area contributed by atoms with E-state index < -0.39 is 6.09 Å². The first-order valence-corrected chi connectivity index (χ1v) is 9.36. The van der Waals surface area contributed by atoms with Gasteiger partial charge in [0.05, 0.1) is 12.7 Å². The molecule has 1 aliphatic heterocycles. The van der Waals surface area contributed by atoms with Crippen molar-refractivity contribution in [2.24, 2.45) is 0 Å². The lowest BCUT2D eigenvalue weighted by Crippen LogP contribution is -2.40. The molecule has 3 rings (SSSR count). The molecule has 10 nitrogen and oxygen atoms in total. The lowest BCUT2D eigenvalue weighted by Gasteiger charge is -2.29. The number of aliphatic hydroxyl groups excluding tert-OH is 1. The normalized spacial score (nSPS) is 14.8. The number of carbonyl (C=O) groups excluding carboxylic acids is 1. The Balaban J connectivity index is 1.53. The van der Waals surface area contributed by atoms with E-state index in [0.717, 1.165) is 0 Å². The Morgan fingerprint density at radius 2 is 1.97 bits per heavy atom. The number of ether oxygens (including phenoxy) is 1. The van der Waals surface area contributed by atoms with Crippen molar-refractivity contribution in [2.75, 3.05) is 33.3 Å². The van der Waals surface area contributed by atoms with Crippen LogP contribution >= 0.6 is 0 Å². The van der Waals surface area contributed by atoms with E-state index in [1.54, 1.807) is 31.3 Å². The molecule has 0 atom stereocenters. The number of nitrogens with zero attached hydrogens (tertiary/aromatic N) is 4. The number of amides is 2. The largest absolute Gasteiger partial charge is 0.465 e. The Hall–Kier alpha value is -2.98. The van der Waals surface area contributed by atoms with E-state index in [1.807, 2.05) is 0 Å². The number of rotatable bonds is 7. The van der Waals surface area contributed by atoms with E-state index >= 15 is 0 Å². The Labute approximate surface area is 167 Å². The highest BCUT2D eigenvalue weighted by Gasteiger charge is 2.23. The van der Waals surface area contributed by atoms with Gasteiger partial charge in [0.2, 0.25) is 0 Å². The van der Waals surface area contributed by atoms with Crippen LogP contribution in [0.4, 0.5) is 4.79 Å². The van der Waals surface area contributed by atoms with Crippen molar-refractivity contribution < 1.29 is 29.1 Å². The molecule has 0 unspecified atom stereocenters. The zero-order valence-corrected chi connectivity index (χ0v) is 16.2. The molecule has 1 aromatic heterocycles. The molecule has 2 N–H and O–H groups in total. The van der Waals surface area contributed by atoms with Crippen molar-refractivity contribution in [1.29, 1.82) is 0 Å². The molecule has 0 aliphatic carbocycles. The Bertz CT molecular complexity index is 829. The van der Waals surface area contributed by atoms with Crippen LogP contribution in [0.3, 0.4) is 0 Å². The predicted octanol–water partition coefficient (Wildman–Crippen LogP) is 1.46. The van der Waals surface area contributed by atoms with Gasteiger partial charge in [0.15, 0.2) is 5.82 Å². The Kier molecular flexibility index (Phi) is 6.78. The van der Waals surface area contributed by atoms with E-state index in [-0.39, 0.29) is 31.8 Å². The zero-order valence-electron chi connectivity index (χ0n) is 16.2. The van der Waals surface area contributed by atoms with Crippen molar-refractivity contribution in [3.8, 4) is 11.5 Å². The van der Waals surface area contributed by atoms with Gasteiger partial charge in [0.1, 0.15) is 6.61 Å². The van der Waals surface area contributed by atoms with Crippen molar-refractivity contribution >= 4 is 12.0 Å². The number of likely N-dealkylation sites (N-methyl/N-ethyl adjacent to an activating group) is 1. The lowest BCUT2D eigenvalue weighted by atomic mass is 10.1. The number of aromatic nitrogens is 2. The van der Waals surface area contributed by atoms with Gasteiger partial charge in [-0.3, -0.25) is 4.79 Å². The van der Waals surface area contributed by atoms with Crippen molar-refractivity contribution in [1.82, 2.24) is 19.9 Å². The Morgan fingerprint density at radius 3 is 2.59 bits per heavy atom. The van der Waals surface area contributed by atoms with Crippen LogP contribution in [0.2, 0.25) is 0 Å². The fraction of sp³-hybridized carbons (Fsp3) is 0.474. The fourth-order valence-corrected chi connectivity index (χ4v) is 3.06. The third kappa shape index (κ3) is 5.30. The molecule has 1 saturated heterocycles. The summed E-state index contributed by atoms with van der Waals surface area (Å²) in [5, 5.41) is 21.8. The predicted molar refractivity (Wildman–Crippen MR) is 101 cm³/mol. The van der Waals surface area contributed by atoms with Gasteiger partial charge >= 0.3 is 6.09 Å². The zero-order chi connectivity index (χ0) is 20.8. The molecule has 0 radical (unpaired) electrons. The smallest absolute Gasteiger partial charge is 0.407 e. The first kappa shape index (κ1) is 20.7. The highest BCUT2D eigenvalue weighted by molar-refractivity contribution is 5.94. The molecular formula is C19H24N4O6. The summed E-state index contributed by atoms with van der Waals surface area (Å²) < 4.78 is 11.0. The van der Waals surface area contributed by atoms with Gasteiger partial charge < -0.3 is 29.3 Å². The average Bonchev–Trinajstić information content (AvgIpc) is 3.21. The molecule has 2 aromatic rings. The molecule has 10 heteroatoms. The number of hydrogen-bond donors (Lipinski definition) is 2. The van der Waals surface area contributed by atoms with E-state index in [9.17, 15) is 9.59 Å². The number of piperidine rings is 1. The van der Waals surface area contributed by atoms with Gasteiger partial charge in [0, 0.05) is 37.8 Å². The van der Waals surface area contributed by atoms with Crippen LogP contribution in [0, 0.1) is 0 Å². The van der Waals surface area contributed by atoms with Crippen LogP contribution in [0.25, 0.3) is 11.5 Å². The monoisotopic (exact) mass is 404 g/mol. The number of aliphatic hydroxyl groups is 1. The first-order chi connectivity index (χ1) is 14.0. The van der Waals surface area contributed by atoms with Gasteiger partial charge in [-0.05, 0) is 37.1 Å². The molecule has 156 valence electrons. The van der Waals surface area contributed by atoms with Crippen LogP contribution in [-0.2, 0) is 11.3 Å². The maximum absolute atomic E-state index is 12.2. The van der Waals surface area contributed by atoms with Crippen molar-refractivity contribution in [2.45, 2.75) is 25.6 Å². The van der Waals surface area contributed by atoms with Gasteiger partial charge in [-0.15, -0.1) is 0 Å². The summed E-state index contributed by atoms with van der Waals surface area (Å²) in [4.78, 5) is 30.2. The third-order valence-electron chi connectivity index (χ3n) is 4.79. The second-order valence-corrected chi connectivity index (χ2v) is 6.82. The van der Waals surface area contributed by atoms with Crippen LogP contribution in [0.5, 0.6) is 0 Å². The number of carbonyl (C=O) groups is 2. The van der Waals surface area contributed by atoms with E-state index in [4.69, 9.17) is 19.5 Å². The van der Waals surface area contributed by atoms with E-state index in [0.29, 0.717) is 48.8 Å². The lowest BCUT2D eigenvalue weighted by molar-refractivity contribution is -0.00295. The summed E-state index contributed by atoms with van der Waals surface area (Å²) in [7, 11) is 1.63. The molecule has 0 spiro atoms. The average molecular weight is 404 g/mol. The minimum atomic E-state index is -0.904. The van der Waals surface area contributed by atoms with Crippen molar-refractivity contribution in [3.05, 3.63) is 35.7 Å². The number of benzene rings is 1. The van der Waals surface area contributed by atoms with E-state index in [1.165, 1.54) is 9.80 Å². The minimum Gasteiger partial charge on any atom is -0.465 e. The molecule has 1 aliphatic rings. The van der Waals surface area contributed by atoms with Crippen LogP contribution in [-0.4, -0.2) is 81.5 Å². The molecule has 0 bridgehead atoms. The van der Waals surface area contributed by atoms with Crippen LogP contribution in [0.1, 0.15) is 29.0 Å². The second kappa shape index (κ2) is 9.48. The molecule has 2 amide bonds. The molecule has 1 fully saturated rings. The van der Waals surface area contributed by atoms with Gasteiger partial charge in [0.25, 0.3) is 11.8 Å². The summed E-state index contributed by atoms with van der Waals surface area (Å²) in [5.41, 5.74) is 1.18. The van der Waals surface area contributed by atoms with E-state index in [2.05, 4.69) is 10.1 Å².